The van der Waals surface area contributed by atoms with Gasteiger partial charge in [0.05, 0.1) is 10.5 Å². The molecule has 3 rings (SSSR count). The van der Waals surface area contributed by atoms with Gasteiger partial charge in [-0.05, 0) is 57.2 Å². The summed E-state index contributed by atoms with van der Waals surface area (Å²) in [7, 11) is 0. The normalized spacial score (nSPS) is 14.1. The van der Waals surface area contributed by atoms with E-state index in [1.54, 1.807) is 25.7 Å². The van der Waals surface area contributed by atoms with Crippen molar-refractivity contribution in [3.05, 3.63) is 69.3 Å². The number of alkyl halides is 3. The predicted octanol–water partition coefficient (Wildman–Crippen LogP) is 3.75. The van der Waals surface area contributed by atoms with Crippen LogP contribution in [0.25, 0.3) is 0 Å². The fourth-order valence-corrected chi connectivity index (χ4v) is 3.60. The van der Waals surface area contributed by atoms with Gasteiger partial charge in [0.25, 0.3) is 17.5 Å². The second-order valence-corrected chi connectivity index (χ2v) is 9.40. The van der Waals surface area contributed by atoms with Crippen LogP contribution in [-0.4, -0.2) is 59.5 Å². The Hall–Kier alpha value is -4.36. The summed E-state index contributed by atoms with van der Waals surface area (Å²) in [6.45, 7) is 6.42. The molecule has 204 valence electrons. The minimum absolute atomic E-state index is 0.124. The van der Waals surface area contributed by atoms with E-state index in [0.717, 1.165) is 30.3 Å². The van der Waals surface area contributed by atoms with Crippen LogP contribution < -0.4 is 15.8 Å². The summed E-state index contributed by atoms with van der Waals surface area (Å²) >= 11 is 0. The van der Waals surface area contributed by atoms with Crippen molar-refractivity contribution in [2.75, 3.05) is 31.1 Å². The van der Waals surface area contributed by atoms with Gasteiger partial charge in [0.2, 0.25) is 0 Å². The number of nitrogens with zero attached hydrogens (tertiary/aromatic N) is 3. The number of hydrogen-bond donors (Lipinski definition) is 2. The number of piperazine rings is 1. The number of nitro groups is 1. The summed E-state index contributed by atoms with van der Waals surface area (Å²) in [5, 5.41) is 11.7. The van der Waals surface area contributed by atoms with Gasteiger partial charge in [0, 0.05) is 43.4 Å². The molecule has 0 radical (unpaired) electrons. The van der Waals surface area contributed by atoms with E-state index in [4.69, 9.17) is 4.74 Å². The lowest BCUT2D eigenvalue weighted by Gasteiger charge is -2.36. The molecule has 11 nitrogen and oxygen atoms in total. The van der Waals surface area contributed by atoms with Gasteiger partial charge in [0.1, 0.15) is 11.3 Å². The van der Waals surface area contributed by atoms with E-state index >= 15 is 0 Å². The van der Waals surface area contributed by atoms with Crippen LogP contribution in [0, 0.1) is 10.1 Å². The zero-order valence-electron chi connectivity index (χ0n) is 20.8. The average Bonchev–Trinajstić information content (AvgIpc) is 2.85. The lowest BCUT2D eigenvalue weighted by molar-refractivity contribution is -0.384. The van der Waals surface area contributed by atoms with E-state index < -0.39 is 40.2 Å². The molecule has 1 aliphatic heterocycles. The third-order valence-corrected chi connectivity index (χ3v) is 5.47. The van der Waals surface area contributed by atoms with E-state index in [-0.39, 0.29) is 35.6 Å². The first kappa shape index (κ1) is 28.2. The van der Waals surface area contributed by atoms with E-state index in [9.17, 15) is 37.7 Å². The third kappa shape index (κ3) is 7.11. The largest absolute Gasteiger partial charge is 0.444 e. The molecule has 1 heterocycles. The van der Waals surface area contributed by atoms with Crippen LogP contribution in [0.15, 0.2) is 42.5 Å². The number of rotatable bonds is 4. The summed E-state index contributed by atoms with van der Waals surface area (Å²) in [6, 6.07) is 7.14. The molecule has 3 amide bonds. The summed E-state index contributed by atoms with van der Waals surface area (Å²) in [6.07, 6.45) is -5.03. The molecule has 0 spiro atoms. The van der Waals surface area contributed by atoms with Gasteiger partial charge < -0.3 is 14.5 Å². The molecular formula is C24H26F3N5O6. The molecule has 0 atom stereocenters. The number of hydrazine groups is 1. The van der Waals surface area contributed by atoms with Gasteiger partial charge in [-0.25, -0.2) is 4.79 Å². The second kappa shape index (κ2) is 10.9. The highest BCUT2D eigenvalue weighted by Gasteiger charge is 2.31. The summed E-state index contributed by atoms with van der Waals surface area (Å²) in [4.78, 5) is 51.2. The van der Waals surface area contributed by atoms with Gasteiger partial charge in [-0.3, -0.25) is 30.6 Å². The molecule has 0 unspecified atom stereocenters. The van der Waals surface area contributed by atoms with Gasteiger partial charge in [0.15, 0.2) is 0 Å². The van der Waals surface area contributed by atoms with Crippen molar-refractivity contribution in [2.45, 2.75) is 32.5 Å². The number of hydrogen-bond acceptors (Lipinski definition) is 7. The van der Waals surface area contributed by atoms with E-state index in [0.29, 0.717) is 13.1 Å². The number of ether oxygens (including phenoxy) is 1. The molecule has 1 fully saturated rings. The van der Waals surface area contributed by atoms with Crippen molar-refractivity contribution >= 4 is 29.3 Å². The number of benzene rings is 2. The number of carbonyl (C=O) groups excluding carboxylic acids is 3. The molecule has 2 aromatic rings. The molecule has 1 saturated heterocycles. The number of halogens is 3. The Morgan fingerprint density at radius 3 is 1.92 bits per heavy atom. The Morgan fingerprint density at radius 2 is 1.42 bits per heavy atom. The number of carbonyl (C=O) groups is 3. The summed E-state index contributed by atoms with van der Waals surface area (Å²) in [5.41, 5.74) is 2.21. The minimum Gasteiger partial charge on any atom is -0.444 e. The highest BCUT2D eigenvalue weighted by Crippen LogP contribution is 2.31. The first-order valence-electron chi connectivity index (χ1n) is 11.4. The van der Waals surface area contributed by atoms with E-state index in [1.165, 1.54) is 17.0 Å². The van der Waals surface area contributed by atoms with Crippen molar-refractivity contribution in [1.82, 2.24) is 15.8 Å². The molecule has 14 heteroatoms. The lowest BCUT2D eigenvalue weighted by atomic mass is 10.1. The van der Waals surface area contributed by atoms with Crippen LogP contribution >= 0.6 is 0 Å². The van der Waals surface area contributed by atoms with Gasteiger partial charge in [-0.1, -0.05) is 0 Å². The smallest absolute Gasteiger partial charge is 0.416 e. The number of amides is 3. The molecule has 0 bridgehead atoms. The van der Waals surface area contributed by atoms with Crippen LogP contribution in [0.4, 0.5) is 29.3 Å². The van der Waals surface area contributed by atoms with Crippen LogP contribution in [0.2, 0.25) is 0 Å². The number of nitrogens with one attached hydrogen (secondary N) is 2. The van der Waals surface area contributed by atoms with E-state index in [1.807, 2.05) is 0 Å². The third-order valence-electron chi connectivity index (χ3n) is 5.47. The number of nitro benzene ring substituents is 1. The second-order valence-electron chi connectivity index (χ2n) is 9.40. The fourth-order valence-electron chi connectivity index (χ4n) is 3.60. The Kier molecular flexibility index (Phi) is 8.13. The van der Waals surface area contributed by atoms with Gasteiger partial charge in [-0.15, -0.1) is 0 Å². The van der Waals surface area contributed by atoms with Crippen LogP contribution in [-0.2, 0) is 10.9 Å². The molecule has 38 heavy (non-hydrogen) atoms. The van der Waals surface area contributed by atoms with Crippen LogP contribution in [0.3, 0.4) is 0 Å². The Labute approximate surface area is 215 Å². The summed E-state index contributed by atoms with van der Waals surface area (Å²) < 4.78 is 43.4. The fraction of sp³-hybridized carbons (Fsp3) is 0.375. The first-order chi connectivity index (χ1) is 17.7. The van der Waals surface area contributed by atoms with Crippen molar-refractivity contribution in [3.8, 4) is 0 Å². The highest BCUT2D eigenvalue weighted by molar-refractivity contribution is 5.99. The zero-order valence-corrected chi connectivity index (χ0v) is 20.8. The van der Waals surface area contributed by atoms with Crippen molar-refractivity contribution in [1.29, 1.82) is 0 Å². The van der Waals surface area contributed by atoms with Gasteiger partial charge in [-0.2, -0.15) is 13.2 Å². The summed E-state index contributed by atoms with van der Waals surface area (Å²) in [5.74, 6) is -1.74. The zero-order chi connectivity index (χ0) is 28.3. The Bertz CT molecular complexity index is 1220. The Balaban J connectivity index is 1.64. The lowest BCUT2D eigenvalue weighted by Crippen LogP contribution is -2.50. The number of anilines is 1. The first-order valence-corrected chi connectivity index (χ1v) is 11.4. The predicted molar refractivity (Wildman–Crippen MR) is 129 cm³/mol. The molecule has 0 aliphatic carbocycles. The maximum absolute atomic E-state index is 12.7. The molecule has 2 N–H and O–H groups in total. The standard InChI is InChI=1S/C24H26F3N5O6/c1-23(2,3)38-22(35)31-12-10-30(11-13-31)18-9-6-16(14-19(18)32(36)37)21(34)29-28-20(33)15-4-7-17(8-5-15)24(25,26)27/h4-9,14H,10-13H2,1-3H3,(H,28,33)(H,29,34). The molecule has 0 aromatic heterocycles. The minimum atomic E-state index is -4.56. The maximum Gasteiger partial charge on any atom is 0.416 e. The van der Waals surface area contributed by atoms with Crippen LogP contribution in [0.1, 0.15) is 47.1 Å². The van der Waals surface area contributed by atoms with Gasteiger partial charge >= 0.3 is 12.3 Å². The topological polar surface area (TPSA) is 134 Å². The van der Waals surface area contributed by atoms with E-state index in [2.05, 4.69) is 10.9 Å². The quantitative estimate of drug-likeness (QED) is 0.448. The monoisotopic (exact) mass is 537 g/mol. The van der Waals surface area contributed by atoms with Crippen LogP contribution in [0.5, 0.6) is 0 Å². The Morgan fingerprint density at radius 1 is 0.895 bits per heavy atom. The molecule has 1 aliphatic rings. The molecule has 0 saturated carbocycles. The highest BCUT2D eigenvalue weighted by atomic mass is 19.4. The van der Waals surface area contributed by atoms with Crippen molar-refractivity contribution in [3.63, 3.8) is 0 Å². The maximum atomic E-state index is 12.7. The average molecular weight is 537 g/mol. The molecular weight excluding hydrogens is 511 g/mol. The SMILES string of the molecule is CC(C)(C)OC(=O)N1CCN(c2ccc(C(=O)NNC(=O)c3ccc(C(F)(F)F)cc3)cc2[N+](=O)[O-])CC1. The van der Waals surface area contributed by atoms with Crippen molar-refractivity contribution < 1.29 is 37.2 Å². The molecule has 2 aromatic carbocycles. The van der Waals surface area contributed by atoms with Crippen molar-refractivity contribution in [2.24, 2.45) is 0 Å².